The maximum Gasteiger partial charge on any atom is 0.225 e. The predicted molar refractivity (Wildman–Crippen MR) is 87.7 cm³/mol. The van der Waals surface area contributed by atoms with E-state index in [0.717, 1.165) is 32.2 Å². The van der Waals surface area contributed by atoms with E-state index in [0.29, 0.717) is 13.0 Å². The number of benzene rings is 1. The van der Waals surface area contributed by atoms with Gasteiger partial charge in [0.2, 0.25) is 11.8 Å². The molecule has 1 heterocycles. The summed E-state index contributed by atoms with van der Waals surface area (Å²) >= 11 is 0. The minimum Gasteiger partial charge on any atom is -0.352 e. The first-order valence-corrected chi connectivity index (χ1v) is 9.07. The van der Waals surface area contributed by atoms with Gasteiger partial charge in [-0.2, -0.15) is 0 Å². The molecule has 3 fully saturated rings. The lowest BCUT2D eigenvalue weighted by Crippen LogP contribution is -2.46. The van der Waals surface area contributed by atoms with Crippen molar-refractivity contribution in [3.8, 4) is 0 Å². The number of hydrogen-bond acceptors (Lipinski definition) is 2. The van der Waals surface area contributed by atoms with Crippen molar-refractivity contribution in [2.24, 2.45) is 11.8 Å². The lowest BCUT2D eigenvalue weighted by Gasteiger charge is -2.32. The molecule has 0 spiro atoms. The van der Waals surface area contributed by atoms with Gasteiger partial charge in [0.15, 0.2) is 0 Å². The summed E-state index contributed by atoms with van der Waals surface area (Å²) in [7, 11) is 0. The van der Waals surface area contributed by atoms with Crippen molar-refractivity contribution in [1.29, 1.82) is 0 Å². The number of hydrogen-bond donors (Lipinski definition) is 1. The molecule has 1 aliphatic heterocycles. The summed E-state index contributed by atoms with van der Waals surface area (Å²) in [6, 6.07) is 3.63. The SMILES string of the molecule is O=C(N[C@@H]1C[C@H]1c1c(F)cccc1F)[C@@H]1CCCN(C(=O)C2CC2)C1. The third-order valence-electron chi connectivity index (χ3n) is 5.52. The van der Waals surface area contributed by atoms with Gasteiger partial charge >= 0.3 is 0 Å². The van der Waals surface area contributed by atoms with E-state index in [1.165, 1.54) is 18.2 Å². The van der Waals surface area contributed by atoms with E-state index in [1.54, 1.807) is 0 Å². The van der Waals surface area contributed by atoms with Gasteiger partial charge in [-0.1, -0.05) is 6.07 Å². The van der Waals surface area contributed by atoms with Gasteiger partial charge in [-0.3, -0.25) is 9.59 Å². The highest BCUT2D eigenvalue weighted by Crippen LogP contribution is 2.43. The Morgan fingerprint density at radius 1 is 1.08 bits per heavy atom. The molecule has 0 radical (unpaired) electrons. The van der Waals surface area contributed by atoms with Crippen molar-refractivity contribution in [1.82, 2.24) is 10.2 Å². The largest absolute Gasteiger partial charge is 0.352 e. The maximum absolute atomic E-state index is 13.8. The van der Waals surface area contributed by atoms with Crippen LogP contribution in [0.4, 0.5) is 8.78 Å². The van der Waals surface area contributed by atoms with Crippen LogP contribution in [-0.4, -0.2) is 35.8 Å². The third kappa shape index (κ3) is 3.39. The number of nitrogens with zero attached hydrogens (tertiary/aromatic N) is 1. The molecule has 25 heavy (non-hydrogen) atoms. The average Bonchev–Trinajstić information content (AvgIpc) is 3.50. The molecule has 0 unspecified atom stereocenters. The third-order valence-corrected chi connectivity index (χ3v) is 5.52. The van der Waals surface area contributed by atoms with E-state index < -0.39 is 11.6 Å². The zero-order chi connectivity index (χ0) is 17.6. The van der Waals surface area contributed by atoms with Crippen LogP contribution in [-0.2, 0) is 9.59 Å². The molecule has 4 nitrogen and oxygen atoms in total. The number of carbonyl (C=O) groups is 2. The van der Waals surface area contributed by atoms with Gasteiger partial charge in [0, 0.05) is 36.5 Å². The quantitative estimate of drug-likeness (QED) is 0.909. The standard InChI is InChI=1S/C19H22F2N2O2/c20-14-4-1-5-15(21)17(14)13-9-16(13)22-18(24)12-3-2-8-23(10-12)19(25)11-6-7-11/h1,4-5,11-13,16H,2-3,6-10H2,(H,22,24)/t12-,13-,16-/m1/s1. The van der Waals surface area contributed by atoms with Gasteiger partial charge in [-0.05, 0) is 44.2 Å². The highest BCUT2D eigenvalue weighted by Gasteiger charge is 2.44. The van der Waals surface area contributed by atoms with Gasteiger partial charge < -0.3 is 10.2 Å². The van der Waals surface area contributed by atoms with Crippen LogP contribution in [0.5, 0.6) is 0 Å². The minimum absolute atomic E-state index is 0.0713. The predicted octanol–water partition coefficient (Wildman–Crippen LogP) is 2.59. The highest BCUT2D eigenvalue weighted by molar-refractivity contribution is 5.83. The van der Waals surface area contributed by atoms with Crippen LogP contribution >= 0.6 is 0 Å². The number of nitrogens with one attached hydrogen (secondary N) is 1. The molecule has 2 saturated carbocycles. The first-order chi connectivity index (χ1) is 12.0. The van der Waals surface area contributed by atoms with E-state index in [1.807, 2.05) is 4.90 Å². The lowest BCUT2D eigenvalue weighted by atomic mass is 9.96. The van der Waals surface area contributed by atoms with E-state index >= 15 is 0 Å². The first kappa shape index (κ1) is 16.5. The molecule has 0 bridgehead atoms. The van der Waals surface area contributed by atoms with Gasteiger partial charge in [0.25, 0.3) is 0 Å². The zero-order valence-electron chi connectivity index (χ0n) is 14.0. The van der Waals surface area contributed by atoms with Crippen molar-refractivity contribution in [2.75, 3.05) is 13.1 Å². The number of amides is 2. The second kappa shape index (κ2) is 6.39. The summed E-state index contributed by atoms with van der Waals surface area (Å²) in [5, 5.41) is 2.92. The van der Waals surface area contributed by atoms with Crippen molar-refractivity contribution >= 4 is 11.8 Å². The van der Waals surface area contributed by atoms with E-state index in [2.05, 4.69) is 5.32 Å². The van der Waals surface area contributed by atoms with Crippen LogP contribution in [0, 0.1) is 23.5 Å². The van der Waals surface area contributed by atoms with E-state index in [9.17, 15) is 18.4 Å². The van der Waals surface area contributed by atoms with Crippen LogP contribution in [0.3, 0.4) is 0 Å². The van der Waals surface area contributed by atoms with Crippen molar-refractivity contribution in [2.45, 2.75) is 44.1 Å². The monoisotopic (exact) mass is 348 g/mol. The summed E-state index contributed by atoms with van der Waals surface area (Å²) < 4.78 is 27.7. The molecule has 2 aliphatic carbocycles. The Bertz CT molecular complexity index is 684. The molecular formula is C19H22F2N2O2. The molecule has 3 atom stereocenters. The van der Waals surface area contributed by atoms with Gasteiger partial charge in [-0.15, -0.1) is 0 Å². The summed E-state index contributed by atoms with van der Waals surface area (Å²) in [6.45, 7) is 1.19. The molecule has 1 N–H and O–H groups in total. The van der Waals surface area contributed by atoms with E-state index in [-0.39, 0.29) is 41.2 Å². The molecule has 3 aliphatic rings. The van der Waals surface area contributed by atoms with Crippen molar-refractivity contribution in [3.05, 3.63) is 35.4 Å². The smallest absolute Gasteiger partial charge is 0.225 e. The number of carbonyl (C=O) groups excluding carboxylic acids is 2. The van der Waals surface area contributed by atoms with Crippen LogP contribution in [0.2, 0.25) is 0 Å². The molecule has 1 aromatic rings. The molecule has 4 rings (SSSR count). The summed E-state index contributed by atoms with van der Waals surface area (Å²) in [5.41, 5.74) is 0.0713. The van der Waals surface area contributed by atoms with Crippen LogP contribution in [0.25, 0.3) is 0 Å². The summed E-state index contributed by atoms with van der Waals surface area (Å²) in [5.74, 6) is -1.38. The second-order valence-electron chi connectivity index (χ2n) is 7.49. The topological polar surface area (TPSA) is 49.4 Å². The average molecular weight is 348 g/mol. The normalized spacial score (nSPS) is 28.6. The molecule has 1 saturated heterocycles. The number of rotatable bonds is 4. The Kier molecular flexibility index (Phi) is 4.21. The molecule has 6 heteroatoms. The Balaban J connectivity index is 1.34. The number of piperidine rings is 1. The fraction of sp³-hybridized carbons (Fsp3) is 0.579. The summed E-state index contributed by atoms with van der Waals surface area (Å²) in [4.78, 5) is 26.5. The Morgan fingerprint density at radius 2 is 1.80 bits per heavy atom. The molecule has 134 valence electrons. The Labute approximate surface area is 145 Å². The van der Waals surface area contributed by atoms with Crippen LogP contribution in [0.1, 0.15) is 43.6 Å². The van der Waals surface area contributed by atoms with Gasteiger partial charge in [0.05, 0.1) is 5.92 Å². The number of halogens is 2. The summed E-state index contributed by atoms with van der Waals surface area (Å²) in [6.07, 6.45) is 4.06. The molecule has 0 aromatic heterocycles. The van der Waals surface area contributed by atoms with Crippen LogP contribution < -0.4 is 5.32 Å². The van der Waals surface area contributed by atoms with Crippen molar-refractivity contribution < 1.29 is 18.4 Å². The molecular weight excluding hydrogens is 326 g/mol. The number of likely N-dealkylation sites (tertiary alicyclic amines) is 1. The van der Waals surface area contributed by atoms with Crippen LogP contribution in [0.15, 0.2) is 18.2 Å². The molecule has 2 amide bonds. The Morgan fingerprint density at radius 3 is 2.48 bits per heavy atom. The van der Waals surface area contributed by atoms with Gasteiger partial charge in [0.1, 0.15) is 11.6 Å². The van der Waals surface area contributed by atoms with E-state index in [4.69, 9.17) is 0 Å². The molecule has 1 aromatic carbocycles. The second-order valence-corrected chi connectivity index (χ2v) is 7.49. The minimum atomic E-state index is -0.555. The maximum atomic E-state index is 13.8. The first-order valence-electron chi connectivity index (χ1n) is 9.07. The fourth-order valence-electron chi connectivity index (χ4n) is 3.82. The van der Waals surface area contributed by atoms with Gasteiger partial charge in [-0.25, -0.2) is 8.78 Å². The zero-order valence-corrected chi connectivity index (χ0v) is 14.0. The van der Waals surface area contributed by atoms with Crippen molar-refractivity contribution in [3.63, 3.8) is 0 Å². The Hall–Kier alpha value is -1.98. The lowest BCUT2D eigenvalue weighted by molar-refractivity contribution is -0.136. The highest BCUT2D eigenvalue weighted by atomic mass is 19.1. The fourth-order valence-corrected chi connectivity index (χ4v) is 3.82.